The monoisotopic (exact) mass is 360 g/mol. The highest BCUT2D eigenvalue weighted by Gasteiger charge is 2.27. The lowest BCUT2D eigenvalue weighted by Gasteiger charge is -2.31. The first-order valence-corrected chi connectivity index (χ1v) is 9.90. The van der Waals surface area contributed by atoms with Crippen molar-refractivity contribution in [1.29, 1.82) is 0 Å². The van der Waals surface area contributed by atoms with Crippen molar-refractivity contribution >= 4 is 28.6 Å². The number of aromatic nitrogens is 1. The SMILES string of the molecule is O=C(CCC1CCCC1)N1CCC(c2nc3cc(Cl)ccc3o2)CC1. The lowest BCUT2D eigenvalue weighted by atomic mass is 9.95. The Kier molecular flexibility index (Phi) is 4.98. The number of rotatable bonds is 4. The predicted molar refractivity (Wildman–Crippen MR) is 98.8 cm³/mol. The van der Waals surface area contributed by atoms with Crippen molar-refractivity contribution in [3.63, 3.8) is 0 Å². The van der Waals surface area contributed by atoms with E-state index in [0.717, 1.165) is 61.7 Å². The topological polar surface area (TPSA) is 46.3 Å². The van der Waals surface area contributed by atoms with Crippen LogP contribution in [-0.2, 0) is 4.79 Å². The fraction of sp³-hybridized carbons (Fsp3) is 0.600. The van der Waals surface area contributed by atoms with Crippen LogP contribution in [0.1, 0.15) is 63.2 Å². The summed E-state index contributed by atoms with van der Waals surface area (Å²) in [6.07, 6.45) is 8.97. The van der Waals surface area contributed by atoms with E-state index in [0.29, 0.717) is 16.8 Å². The molecule has 1 aliphatic heterocycles. The number of hydrogen-bond acceptors (Lipinski definition) is 3. The molecule has 1 saturated heterocycles. The maximum Gasteiger partial charge on any atom is 0.222 e. The molecule has 25 heavy (non-hydrogen) atoms. The zero-order chi connectivity index (χ0) is 17.2. The van der Waals surface area contributed by atoms with Crippen LogP contribution in [0.2, 0.25) is 5.02 Å². The highest BCUT2D eigenvalue weighted by atomic mass is 35.5. The van der Waals surface area contributed by atoms with Crippen molar-refractivity contribution < 1.29 is 9.21 Å². The van der Waals surface area contributed by atoms with Crippen LogP contribution in [0.25, 0.3) is 11.1 Å². The van der Waals surface area contributed by atoms with Crippen LogP contribution in [0, 0.1) is 5.92 Å². The summed E-state index contributed by atoms with van der Waals surface area (Å²) in [6.45, 7) is 1.63. The molecule has 5 heteroatoms. The molecule has 1 saturated carbocycles. The molecule has 2 aromatic rings. The highest BCUT2D eigenvalue weighted by molar-refractivity contribution is 6.31. The molecule has 0 unspecified atom stereocenters. The Morgan fingerprint density at radius 2 is 1.96 bits per heavy atom. The molecule has 2 heterocycles. The van der Waals surface area contributed by atoms with Crippen molar-refractivity contribution in [2.75, 3.05) is 13.1 Å². The van der Waals surface area contributed by atoms with Crippen LogP contribution in [0.5, 0.6) is 0 Å². The standard InChI is InChI=1S/C20H25ClN2O2/c21-16-6-7-18-17(13-16)22-20(25-18)15-9-11-23(12-10-15)19(24)8-5-14-3-1-2-4-14/h6-7,13-15H,1-5,8-12H2. The number of likely N-dealkylation sites (tertiary alicyclic amines) is 1. The van der Waals surface area contributed by atoms with E-state index in [4.69, 9.17) is 16.0 Å². The van der Waals surface area contributed by atoms with Crippen LogP contribution in [0.3, 0.4) is 0 Å². The number of benzene rings is 1. The van der Waals surface area contributed by atoms with E-state index in [1.54, 1.807) is 0 Å². The fourth-order valence-electron chi connectivity index (χ4n) is 4.25. The molecule has 0 radical (unpaired) electrons. The summed E-state index contributed by atoms with van der Waals surface area (Å²) in [6, 6.07) is 5.53. The molecule has 0 bridgehead atoms. The molecule has 1 aliphatic carbocycles. The lowest BCUT2D eigenvalue weighted by molar-refractivity contribution is -0.132. The Bertz CT molecular complexity index is 743. The smallest absolute Gasteiger partial charge is 0.222 e. The average Bonchev–Trinajstić information content (AvgIpc) is 3.29. The minimum absolute atomic E-state index is 0.296. The largest absolute Gasteiger partial charge is 0.440 e. The molecule has 0 N–H and O–H groups in total. The summed E-state index contributed by atoms with van der Waals surface area (Å²) in [5.74, 6) is 2.20. The van der Waals surface area contributed by atoms with Gasteiger partial charge in [-0.2, -0.15) is 0 Å². The second-order valence-corrected chi connectivity index (χ2v) is 7.94. The van der Waals surface area contributed by atoms with E-state index in [-0.39, 0.29) is 0 Å². The first-order chi connectivity index (χ1) is 12.2. The second-order valence-electron chi connectivity index (χ2n) is 7.51. The van der Waals surface area contributed by atoms with Gasteiger partial charge in [0.1, 0.15) is 5.52 Å². The third-order valence-corrected chi connectivity index (χ3v) is 6.04. The molecule has 1 aromatic heterocycles. The van der Waals surface area contributed by atoms with Gasteiger partial charge in [0.25, 0.3) is 0 Å². The summed E-state index contributed by atoms with van der Waals surface area (Å²) in [7, 11) is 0. The molecule has 1 amide bonds. The maximum absolute atomic E-state index is 12.4. The Morgan fingerprint density at radius 3 is 2.72 bits per heavy atom. The van der Waals surface area contributed by atoms with Crippen LogP contribution >= 0.6 is 11.6 Å². The first-order valence-electron chi connectivity index (χ1n) is 9.53. The van der Waals surface area contributed by atoms with Gasteiger partial charge in [-0.25, -0.2) is 4.98 Å². The van der Waals surface area contributed by atoms with E-state index < -0.39 is 0 Å². The number of hydrogen-bond donors (Lipinski definition) is 0. The lowest BCUT2D eigenvalue weighted by Crippen LogP contribution is -2.38. The molecule has 2 aliphatic rings. The Morgan fingerprint density at radius 1 is 1.20 bits per heavy atom. The van der Waals surface area contributed by atoms with E-state index in [9.17, 15) is 4.79 Å². The average molecular weight is 361 g/mol. The number of carbonyl (C=O) groups excluding carboxylic acids is 1. The molecule has 4 rings (SSSR count). The quantitative estimate of drug-likeness (QED) is 0.756. The maximum atomic E-state index is 12.4. The van der Waals surface area contributed by atoms with Crippen molar-refractivity contribution in [2.45, 2.75) is 57.3 Å². The Balaban J connectivity index is 1.31. The number of nitrogens with zero attached hydrogens (tertiary/aromatic N) is 2. The van der Waals surface area contributed by atoms with Gasteiger partial charge >= 0.3 is 0 Å². The van der Waals surface area contributed by atoms with Gasteiger partial charge in [0, 0.05) is 30.5 Å². The fourth-order valence-corrected chi connectivity index (χ4v) is 4.42. The van der Waals surface area contributed by atoms with Crippen LogP contribution < -0.4 is 0 Å². The Labute approximate surface area is 153 Å². The summed E-state index contributed by atoms with van der Waals surface area (Å²) < 4.78 is 5.90. The third-order valence-electron chi connectivity index (χ3n) is 5.80. The van der Waals surface area contributed by atoms with Crippen molar-refractivity contribution in [3.05, 3.63) is 29.1 Å². The number of oxazole rings is 1. The van der Waals surface area contributed by atoms with Crippen molar-refractivity contribution in [2.24, 2.45) is 5.92 Å². The Hall–Kier alpha value is -1.55. The minimum atomic E-state index is 0.296. The van der Waals surface area contributed by atoms with E-state index in [1.807, 2.05) is 23.1 Å². The van der Waals surface area contributed by atoms with Crippen LogP contribution in [0.4, 0.5) is 0 Å². The zero-order valence-corrected chi connectivity index (χ0v) is 15.3. The summed E-state index contributed by atoms with van der Waals surface area (Å²) >= 11 is 6.02. The van der Waals surface area contributed by atoms with E-state index in [2.05, 4.69) is 4.98 Å². The van der Waals surface area contributed by atoms with Crippen molar-refractivity contribution in [1.82, 2.24) is 9.88 Å². The molecule has 0 atom stereocenters. The van der Waals surface area contributed by atoms with Gasteiger partial charge in [-0.1, -0.05) is 37.3 Å². The molecule has 2 fully saturated rings. The molecular weight excluding hydrogens is 336 g/mol. The van der Waals surface area contributed by atoms with Gasteiger partial charge in [0.15, 0.2) is 11.5 Å². The molecule has 4 nitrogen and oxygen atoms in total. The number of amides is 1. The summed E-state index contributed by atoms with van der Waals surface area (Å²) in [5, 5.41) is 0.676. The van der Waals surface area contributed by atoms with Gasteiger partial charge < -0.3 is 9.32 Å². The van der Waals surface area contributed by atoms with Crippen LogP contribution in [-0.4, -0.2) is 28.9 Å². The van der Waals surface area contributed by atoms with Gasteiger partial charge in [-0.05, 0) is 43.4 Å². The van der Waals surface area contributed by atoms with Gasteiger partial charge in [-0.3, -0.25) is 4.79 Å². The minimum Gasteiger partial charge on any atom is -0.440 e. The summed E-state index contributed by atoms with van der Waals surface area (Å²) in [4.78, 5) is 19.1. The zero-order valence-electron chi connectivity index (χ0n) is 14.5. The van der Waals surface area contributed by atoms with E-state index >= 15 is 0 Å². The number of fused-ring (bicyclic) bond motifs is 1. The first kappa shape index (κ1) is 16.9. The van der Waals surface area contributed by atoms with E-state index in [1.165, 1.54) is 25.7 Å². The van der Waals surface area contributed by atoms with Crippen molar-refractivity contribution in [3.8, 4) is 0 Å². The van der Waals surface area contributed by atoms with Gasteiger partial charge in [-0.15, -0.1) is 0 Å². The molecule has 1 aromatic carbocycles. The number of carbonyl (C=O) groups is 1. The number of piperidine rings is 1. The van der Waals surface area contributed by atoms with Crippen LogP contribution in [0.15, 0.2) is 22.6 Å². The van der Waals surface area contributed by atoms with Gasteiger partial charge in [0.05, 0.1) is 0 Å². The molecule has 0 spiro atoms. The summed E-state index contributed by atoms with van der Waals surface area (Å²) in [5.41, 5.74) is 1.60. The number of halogens is 1. The van der Waals surface area contributed by atoms with Gasteiger partial charge in [0.2, 0.25) is 5.91 Å². The second kappa shape index (κ2) is 7.36. The highest BCUT2D eigenvalue weighted by Crippen LogP contribution is 2.32. The molecular formula is C20H25ClN2O2. The predicted octanol–water partition coefficient (Wildman–Crippen LogP) is 5.16. The third kappa shape index (κ3) is 3.84. The molecule has 134 valence electrons. The normalized spacial score (nSPS) is 19.8.